The van der Waals surface area contributed by atoms with Gasteiger partial charge < -0.3 is 24.6 Å². The molecule has 1 aromatic heterocycles. The molecule has 0 spiro atoms. The fourth-order valence-corrected chi connectivity index (χ4v) is 4.46. The number of anilines is 2. The first-order valence-electron chi connectivity index (χ1n) is 11.2. The number of hydrogen-bond acceptors (Lipinski definition) is 6. The molecule has 0 aliphatic carbocycles. The Morgan fingerprint density at radius 3 is 2.44 bits per heavy atom. The summed E-state index contributed by atoms with van der Waals surface area (Å²) in [6.45, 7) is 9.15. The van der Waals surface area contributed by atoms with Gasteiger partial charge in [-0.2, -0.15) is 0 Å². The van der Waals surface area contributed by atoms with E-state index in [1.54, 1.807) is 12.1 Å². The molecule has 0 saturated carbocycles. The Kier molecular flexibility index (Phi) is 5.62. The lowest BCUT2D eigenvalue weighted by Crippen LogP contribution is -2.36. The quantitative estimate of drug-likeness (QED) is 0.380. The second-order valence-corrected chi connectivity index (χ2v) is 9.94. The number of carbonyl (C=O) groups excluding carboxylic acids is 1. The summed E-state index contributed by atoms with van der Waals surface area (Å²) >= 11 is 6.59. The van der Waals surface area contributed by atoms with Gasteiger partial charge in [-0.1, -0.05) is 49.7 Å². The molecule has 2 N–H and O–H groups in total. The van der Waals surface area contributed by atoms with Gasteiger partial charge in [0.05, 0.1) is 35.2 Å². The summed E-state index contributed by atoms with van der Waals surface area (Å²) in [5.41, 5.74) is 4.48. The van der Waals surface area contributed by atoms with Gasteiger partial charge >= 0.3 is 0 Å². The van der Waals surface area contributed by atoms with Gasteiger partial charge in [-0.3, -0.25) is 4.79 Å². The zero-order valence-corrected chi connectivity index (χ0v) is 20.1. The summed E-state index contributed by atoms with van der Waals surface area (Å²) in [6, 6.07) is 13.3. The zero-order valence-electron chi connectivity index (χ0n) is 19.3. The van der Waals surface area contributed by atoms with Crippen LogP contribution in [0, 0.1) is 0 Å². The number of benzene rings is 2. The summed E-state index contributed by atoms with van der Waals surface area (Å²) in [6.07, 6.45) is 0. The van der Waals surface area contributed by atoms with Crippen LogP contribution in [-0.4, -0.2) is 42.5 Å². The van der Waals surface area contributed by atoms with E-state index < -0.39 is 5.91 Å². The van der Waals surface area contributed by atoms with Gasteiger partial charge in [-0.25, -0.2) is 0 Å². The van der Waals surface area contributed by atoms with Gasteiger partial charge in [-0.15, -0.1) is 0 Å². The number of aliphatic hydroxyl groups is 1. The minimum atomic E-state index is -0.419. The van der Waals surface area contributed by atoms with Crippen molar-refractivity contribution in [1.29, 1.82) is 0 Å². The van der Waals surface area contributed by atoms with Crippen LogP contribution in [0.5, 0.6) is 0 Å². The highest BCUT2D eigenvalue weighted by atomic mass is 35.5. The maximum atomic E-state index is 12.8. The van der Waals surface area contributed by atoms with E-state index in [1.165, 1.54) is 0 Å². The fourth-order valence-electron chi connectivity index (χ4n) is 4.18. The lowest BCUT2D eigenvalue weighted by molar-refractivity contribution is -0.110. The molecule has 0 unspecified atom stereocenters. The maximum Gasteiger partial charge on any atom is 0.260 e. The Hall–Kier alpha value is -3.29. The molecule has 7 nitrogen and oxygen atoms in total. The first-order valence-corrected chi connectivity index (χ1v) is 11.6. The second-order valence-electron chi connectivity index (χ2n) is 9.53. The van der Waals surface area contributed by atoms with Crippen molar-refractivity contribution in [3.63, 3.8) is 0 Å². The van der Waals surface area contributed by atoms with Crippen molar-refractivity contribution in [3.05, 3.63) is 64.5 Å². The van der Waals surface area contributed by atoms with E-state index >= 15 is 0 Å². The molecule has 2 aliphatic rings. The van der Waals surface area contributed by atoms with E-state index in [1.807, 2.05) is 39.0 Å². The molecule has 3 aromatic rings. The van der Waals surface area contributed by atoms with E-state index in [-0.39, 0.29) is 22.5 Å². The Balaban J connectivity index is 1.52. The molecule has 34 heavy (non-hydrogen) atoms. The third-order valence-electron chi connectivity index (χ3n) is 6.16. The Morgan fingerprint density at radius 1 is 1.09 bits per heavy atom. The summed E-state index contributed by atoms with van der Waals surface area (Å²) in [7, 11) is 0. The van der Waals surface area contributed by atoms with Crippen molar-refractivity contribution < 1.29 is 19.2 Å². The van der Waals surface area contributed by atoms with Crippen LogP contribution >= 0.6 is 11.6 Å². The van der Waals surface area contributed by atoms with Crippen molar-refractivity contribution in [2.45, 2.75) is 26.2 Å². The van der Waals surface area contributed by atoms with Gasteiger partial charge in [0.2, 0.25) is 5.76 Å². The molecule has 2 aromatic carbocycles. The SMILES string of the molecule is CC(C)(C)c1cc(C(O)=C2C(=O)Nc3cc(Cl)c(-c4ccc(N5CCOCC5)cc4)cc32)on1. The average Bonchev–Trinajstić information content (AvgIpc) is 3.43. The van der Waals surface area contributed by atoms with Crippen LogP contribution < -0.4 is 10.2 Å². The molecule has 176 valence electrons. The number of nitrogens with zero attached hydrogens (tertiary/aromatic N) is 2. The van der Waals surface area contributed by atoms with Crippen molar-refractivity contribution in [1.82, 2.24) is 5.16 Å². The number of nitrogens with one attached hydrogen (secondary N) is 1. The predicted octanol–water partition coefficient (Wildman–Crippen LogP) is 5.51. The van der Waals surface area contributed by atoms with Gasteiger partial charge in [0.15, 0.2) is 5.76 Å². The standard InChI is InChI=1S/C26H26ClN3O4/c1-26(2,3)22-14-21(34-29-22)24(31)23-18-12-17(19(27)13-20(18)28-25(23)32)15-4-6-16(7-5-15)30-8-10-33-11-9-30/h4-7,12-14,31H,8-11H2,1-3H3,(H,28,32). The van der Waals surface area contributed by atoms with Gasteiger partial charge in [-0.05, 0) is 29.8 Å². The van der Waals surface area contributed by atoms with Gasteiger partial charge in [0.25, 0.3) is 5.91 Å². The highest BCUT2D eigenvalue weighted by molar-refractivity contribution is 6.38. The molecule has 5 rings (SSSR count). The molecule has 3 heterocycles. The van der Waals surface area contributed by atoms with E-state index in [9.17, 15) is 9.90 Å². The number of ether oxygens (including phenoxy) is 1. The lowest BCUT2D eigenvalue weighted by atomic mass is 9.92. The van der Waals surface area contributed by atoms with E-state index in [0.717, 1.165) is 43.1 Å². The first kappa shape index (κ1) is 22.5. The second kappa shape index (κ2) is 8.49. The number of halogens is 1. The van der Waals surface area contributed by atoms with Crippen LogP contribution in [-0.2, 0) is 14.9 Å². The summed E-state index contributed by atoms with van der Waals surface area (Å²) < 4.78 is 10.8. The van der Waals surface area contributed by atoms with E-state index in [4.69, 9.17) is 20.9 Å². The third kappa shape index (κ3) is 4.06. The molecule has 0 bridgehead atoms. The largest absolute Gasteiger partial charge is 0.504 e. The van der Waals surface area contributed by atoms with Gasteiger partial charge in [0.1, 0.15) is 0 Å². The monoisotopic (exact) mass is 479 g/mol. The Morgan fingerprint density at radius 2 is 1.79 bits per heavy atom. The van der Waals surface area contributed by atoms with Crippen LogP contribution in [0.3, 0.4) is 0 Å². The molecular formula is C26H26ClN3O4. The number of aliphatic hydroxyl groups excluding tert-OH is 1. The summed E-state index contributed by atoms with van der Waals surface area (Å²) in [4.78, 5) is 15.1. The molecule has 0 atom stereocenters. The Labute approximate surface area is 203 Å². The Bertz CT molecular complexity index is 1280. The third-order valence-corrected chi connectivity index (χ3v) is 6.47. The molecule has 2 aliphatic heterocycles. The number of rotatable bonds is 3. The highest BCUT2D eigenvalue weighted by Gasteiger charge is 2.32. The number of aromatic nitrogens is 1. The van der Waals surface area contributed by atoms with Crippen molar-refractivity contribution in [2.75, 3.05) is 36.5 Å². The fraction of sp³-hybridized carbons (Fsp3) is 0.308. The van der Waals surface area contributed by atoms with E-state index in [0.29, 0.717) is 22.0 Å². The average molecular weight is 480 g/mol. The van der Waals surface area contributed by atoms with Gasteiger partial charge in [0, 0.05) is 41.4 Å². The van der Waals surface area contributed by atoms with Crippen LogP contribution in [0.2, 0.25) is 5.02 Å². The van der Waals surface area contributed by atoms with Crippen LogP contribution in [0.1, 0.15) is 37.8 Å². The number of fused-ring (bicyclic) bond motifs is 1. The minimum Gasteiger partial charge on any atom is -0.504 e. The number of hydrogen-bond donors (Lipinski definition) is 2. The van der Waals surface area contributed by atoms with Crippen molar-refractivity contribution >= 4 is 40.2 Å². The van der Waals surface area contributed by atoms with Crippen LogP contribution in [0.25, 0.3) is 22.5 Å². The normalized spacial score (nSPS) is 17.5. The molecular weight excluding hydrogens is 454 g/mol. The molecule has 1 saturated heterocycles. The predicted molar refractivity (Wildman–Crippen MR) is 133 cm³/mol. The highest BCUT2D eigenvalue weighted by Crippen LogP contribution is 2.42. The topological polar surface area (TPSA) is 87.8 Å². The smallest absolute Gasteiger partial charge is 0.260 e. The van der Waals surface area contributed by atoms with E-state index in [2.05, 4.69) is 27.5 Å². The van der Waals surface area contributed by atoms with Crippen LogP contribution in [0.15, 0.2) is 47.0 Å². The molecule has 1 amide bonds. The minimum absolute atomic E-state index is 0.134. The van der Waals surface area contributed by atoms with Crippen molar-refractivity contribution in [2.24, 2.45) is 0 Å². The number of morpholine rings is 1. The van der Waals surface area contributed by atoms with Crippen molar-refractivity contribution in [3.8, 4) is 11.1 Å². The molecule has 1 fully saturated rings. The maximum absolute atomic E-state index is 12.8. The summed E-state index contributed by atoms with van der Waals surface area (Å²) in [5.74, 6) is -0.526. The molecule has 8 heteroatoms. The zero-order chi connectivity index (χ0) is 24.0. The number of carbonyl (C=O) groups is 1. The van der Waals surface area contributed by atoms with Crippen LogP contribution in [0.4, 0.5) is 11.4 Å². The molecule has 0 radical (unpaired) electrons. The first-order chi connectivity index (χ1) is 16.2. The summed E-state index contributed by atoms with van der Waals surface area (Å²) in [5, 5.41) is 18.3. The lowest BCUT2D eigenvalue weighted by Gasteiger charge is -2.29. The number of amides is 1.